The first-order chi connectivity index (χ1) is 8.92. The maximum atomic E-state index is 5.61. The molecule has 0 saturated heterocycles. The van der Waals surface area contributed by atoms with E-state index in [-0.39, 0.29) is 0 Å². The molecule has 0 spiro atoms. The Labute approximate surface area is 105 Å². The van der Waals surface area contributed by atoms with Crippen molar-refractivity contribution in [2.24, 2.45) is 0 Å². The number of hydrogen-bond donors (Lipinski definition) is 0. The molecule has 0 amide bonds. The number of aromatic nitrogens is 3. The van der Waals surface area contributed by atoms with Gasteiger partial charge in [-0.3, -0.25) is 0 Å². The summed E-state index contributed by atoms with van der Waals surface area (Å²) in [7, 11) is 0. The minimum atomic E-state index is 0.574. The number of imidazole rings is 1. The van der Waals surface area contributed by atoms with E-state index in [4.69, 9.17) is 4.74 Å². The minimum Gasteiger partial charge on any atom is -0.439 e. The first kappa shape index (κ1) is 10.5. The van der Waals surface area contributed by atoms with E-state index in [0.29, 0.717) is 5.88 Å². The summed E-state index contributed by atoms with van der Waals surface area (Å²) in [6, 6.07) is 13.4. The molecule has 2 heterocycles. The average Bonchev–Trinajstić information content (AvgIpc) is 2.95. The summed E-state index contributed by atoms with van der Waals surface area (Å²) < 4.78 is 7.50. The molecule has 1 aromatic carbocycles. The highest BCUT2D eigenvalue weighted by Crippen LogP contribution is 2.19. The summed E-state index contributed by atoms with van der Waals surface area (Å²) in [5.74, 6) is 1.35. The van der Waals surface area contributed by atoms with Gasteiger partial charge in [0.05, 0.1) is 18.2 Å². The van der Waals surface area contributed by atoms with Crippen molar-refractivity contribution in [2.75, 3.05) is 0 Å². The quantitative estimate of drug-likeness (QED) is 0.702. The number of rotatable bonds is 3. The normalized spacial score (nSPS) is 10.2. The van der Waals surface area contributed by atoms with Gasteiger partial charge in [-0.1, -0.05) is 18.2 Å². The Balaban J connectivity index is 1.80. The molecule has 0 aliphatic heterocycles. The van der Waals surface area contributed by atoms with Crippen molar-refractivity contribution in [2.45, 2.75) is 0 Å². The Morgan fingerprint density at radius 3 is 2.56 bits per heavy atom. The average molecular weight is 237 g/mol. The molecule has 0 fully saturated rings. The second-order valence-electron chi connectivity index (χ2n) is 3.74. The number of nitrogens with zero attached hydrogens (tertiary/aromatic N) is 3. The Hall–Kier alpha value is -2.62. The molecule has 0 unspecified atom stereocenters. The van der Waals surface area contributed by atoms with Crippen LogP contribution in [0.25, 0.3) is 5.69 Å². The molecule has 0 N–H and O–H groups in total. The largest absolute Gasteiger partial charge is 0.439 e. The number of benzene rings is 1. The molecule has 2 aromatic heterocycles. The predicted octanol–water partition coefficient (Wildman–Crippen LogP) is 3.06. The lowest BCUT2D eigenvalue weighted by atomic mass is 10.3. The van der Waals surface area contributed by atoms with Crippen LogP contribution in [0.5, 0.6) is 11.6 Å². The van der Waals surface area contributed by atoms with E-state index in [1.165, 1.54) is 0 Å². The predicted molar refractivity (Wildman–Crippen MR) is 67.9 cm³/mol. The van der Waals surface area contributed by atoms with Crippen LogP contribution in [-0.4, -0.2) is 14.5 Å². The fourth-order valence-corrected chi connectivity index (χ4v) is 1.61. The Morgan fingerprint density at radius 1 is 1.00 bits per heavy atom. The Kier molecular flexibility index (Phi) is 2.75. The summed E-state index contributed by atoms with van der Waals surface area (Å²) in [6.07, 6.45) is 7.08. The van der Waals surface area contributed by atoms with E-state index in [2.05, 4.69) is 9.97 Å². The van der Waals surface area contributed by atoms with Gasteiger partial charge >= 0.3 is 0 Å². The van der Waals surface area contributed by atoms with Gasteiger partial charge in [-0.15, -0.1) is 0 Å². The Bertz CT molecular complexity index is 603. The third-order valence-corrected chi connectivity index (χ3v) is 2.49. The smallest absolute Gasteiger partial charge is 0.219 e. The van der Waals surface area contributed by atoms with Gasteiger partial charge in [0, 0.05) is 18.5 Å². The van der Waals surface area contributed by atoms with Gasteiger partial charge in [-0.05, 0) is 18.2 Å². The molecular formula is C14H11N3O. The second kappa shape index (κ2) is 4.71. The number of ether oxygens (including phenoxy) is 1. The van der Waals surface area contributed by atoms with Gasteiger partial charge in [0.25, 0.3) is 0 Å². The van der Waals surface area contributed by atoms with Crippen LogP contribution < -0.4 is 4.74 Å². The molecule has 18 heavy (non-hydrogen) atoms. The lowest BCUT2D eigenvalue weighted by Gasteiger charge is -2.05. The van der Waals surface area contributed by atoms with Crippen molar-refractivity contribution in [3.05, 3.63) is 67.4 Å². The van der Waals surface area contributed by atoms with Crippen molar-refractivity contribution < 1.29 is 4.74 Å². The monoisotopic (exact) mass is 237 g/mol. The van der Waals surface area contributed by atoms with Crippen LogP contribution in [0.3, 0.4) is 0 Å². The van der Waals surface area contributed by atoms with Gasteiger partial charge in [-0.25, -0.2) is 9.97 Å². The van der Waals surface area contributed by atoms with Crippen LogP contribution >= 0.6 is 0 Å². The van der Waals surface area contributed by atoms with Gasteiger partial charge < -0.3 is 9.30 Å². The number of para-hydroxylation sites is 1. The highest BCUT2D eigenvalue weighted by molar-refractivity contribution is 5.33. The molecule has 4 heteroatoms. The van der Waals surface area contributed by atoms with E-state index in [1.807, 2.05) is 53.2 Å². The van der Waals surface area contributed by atoms with Crippen molar-refractivity contribution in [3.63, 3.8) is 0 Å². The lowest BCUT2D eigenvalue weighted by Crippen LogP contribution is -1.92. The van der Waals surface area contributed by atoms with Crippen LogP contribution in [0.15, 0.2) is 67.4 Å². The van der Waals surface area contributed by atoms with Gasteiger partial charge in [0.2, 0.25) is 5.88 Å². The van der Waals surface area contributed by atoms with Gasteiger partial charge in [0.15, 0.2) is 0 Å². The zero-order chi connectivity index (χ0) is 12.2. The molecule has 88 valence electrons. The molecule has 0 radical (unpaired) electrons. The summed E-state index contributed by atoms with van der Waals surface area (Å²) in [5.41, 5.74) is 0.952. The molecule has 0 saturated carbocycles. The van der Waals surface area contributed by atoms with Gasteiger partial charge in [0.1, 0.15) is 5.75 Å². The van der Waals surface area contributed by atoms with E-state index in [9.17, 15) is 0 Å². The fraction of sp³-hybridized carbons (Fsp3) is 0. The highest BCUT2D eigenvalue weighted by atomic mass is 16.5. The number of hydrogen-bond acceptors (Lipinski definition) is 3. The van der Waals surface area contributed by atoms with Crippen LogP contribution in [0.2, 0.25) is 0 Å². The molecule has 4 nitrogen and oxygen atoms in total. The summed E-state index contributed by atoms with van der Waals surface area (Å²) in [5, 5.41) is 0. The zero-order valence-electron chi connectivity index (χ0n) is 9.60. The SMILES string of the molecule is c1ccc(Oc2ccc(-n3ccnc3)cn2)cc1. The lowest BCUT2D eigenvalue weighted by molar-refractivity contribution is 0.463. The maximum absolute atomic E-state index is 5.61. The molecule has 0 aliphatic carbocycles. The third-order valence-electron chi connectivity index (χ3n) is 2.49. The van der Waals surface area contributed by atoms with Crippen molar-refractivity contribution in [1.29, 1.82) is 0 Å². The van der Waals surface area contributed by atoms with Crippen LogP contribution in [0, 0.1) is 0 Å². The fourth-order valence-electron chi connectivity index (χ4n) is 1.61. The zero-order valence-corrected chi connectivity index (χ0v) is 9.60. The molecule has 3 aromatic rings. The standard InChI is InChI=1S/C14H11N3O/c1-2-4-13(5-3-1)18-14-7-6-12(10-16-14)17-9-8-15-11-17/h1-11H. The summed E-state index contributed by atoms with van der Waals surface area (Å²) >= 11 is 0. The molecule has 0 aliphatic rings. The van der Waals surface area contributed by atoms with Gasteiger partial charge in [-0.2, -0.15) is 0 Å². The Morgan fingerprint density at radius 2 is 1.89 bits per heavy atom. The van der Waals surface area contributed by atoms with Crippen molar-refractivity contribution in [1.82, 2.24) is 14.5 Å². The molecule has 3 rings (SSSR count). The number of pyridine rings is 1. The second-order valence-corrected chi connectivity index (χ2v) is 3.74. The van der Waals surface area contributed by atoms with Crippen molar-refractivity contribution in [3.8, 4) is 17.3 Å². The molecule has 0 atom stereocenters. The summed E-state index contributed by atoms with van der Waals surface area (Å²) in [4.78, 5) is 8.25. The van der Waals surface area contributed by atoms with E-state index < -0.39 is 0 Å². The van der Waals surface area contributed by atoms with Crippen LogP contribution in [0.4, 0.5) is 0 Å². The van der Waals surface area contributed by atoms with E-state index in [0.717, 1.165) is 11.4 Å². The van der Waals surface area contributed by atoms with E-state index >= 15 is 0 Å². The van der Waals surface area contributed by atoms with Crippen LogP contribution in [0.1, 0.15) is 0 Å². The molecular weight excluding hydrogens is 226 g/mol. The van der Waals surface area contributed by atoms with Crippen molar-refractivity contribution >= 4 is 0 Å². The third kappa shape index (κ3) is 2.22. The minimum absolute atomic E-state index is 0.574. The van der Waals surface area contributed by atoms with Crippen LogP contribution in [-0.2, 0) is 0 Å². The first-order valence-electron chi connectivity index (χ1n) is 5.59. The first-order valence-corrected chi connectivity index (χ1v) is 5.59. The van der Waals surface area contributed by atoms with E-state index in [1.54, 1.807) is 18.7 Å². The highest BCUT2D eigenvalue weighted by Gasteiger charge is 1.99. The molecule has 0 bridgehead atoms. The topological polar surface area (TPSA) is 39.9 Å². The summed E-state index contributed by atoms with van der Waals surface area (Å²) in [6.45, 7) is 0. The maximum Gasteiger partial charge on any atom is 0.219 e.